The molecule has 3 rings (SSSR count). The van der Waals surface area contributed by atoms with E-state index in [-0.39, 0.29) is 24.4 Å². The van der Waals surface area contributed by atoms with Crippen LogP contribution in [0.15, 0.2) is 10.9 Å². The summed E-state index contributed by atoms with van der Waals surface area (Å²) in [4.78, 5) is 17.5. The van der Waals surface area contributed by atoms with Crippen LogP contribution in [0.4, 0.5) is 0 Å². The normalized spacial score (nSPS) is 32.0. The average molecular weight is 326 g/mol. The fourth-order valence-electron chi connectivity index (χ4n) is 3.81. The quantitative estimate of drug-likeness (QED) is 0.859. The molecule has 1 N–H and O–H groups in total. The van der Waals surface area contributed by atoms with Crippen LogP contribution in [0.5, 0.6) is 0 Å². The van der Waals surface area contributed by atoms with E-state index in [0.717, 1.165) is 44.5 Å². The van der Waals surface area contributed by atoms with Gasteiger partial charge >= 0.3 is 5.97 Å². The minimum absolute atomic E-state index is 0.000379. The molecule has 0 amide bonds. The lowest BCUT2D eigenvalue weighted by atomic mass is 9.79. The molecule has 122 valence electrons. The van der Waals surface area contributed by atoms with Crippen molar-refractivity contribution in [1.29, 1.82) is 0 Å². The predicted molar refractivity (Wildman–Crippen MR) is 81.9 cm³/mol. The van der Waals surface area contributed by atoms with Gasteiger partial charge in [-0.05, 0) is 25.7 Å². The second-order valence-corrected chi connectivity index (χ2v) is 6.80. The van der Waals surface area contributed by atoms with E-state index in [2.05, 4.69) is 15.3 Å². The van der Waals surface area contributed by atoms with Crippen LogP contribution in [0.2, 0.25) is 0 Å². The van der Waals surface area contributed by atoms with E-state index in [1.165, 1.54) is 0 Å². The van der Waals surface area contributed by atoms with Crippen molar-refractivity contribution in [2.75, 3.05) is 20.3 Å². The second-order valence-electron chi connectivity index (χ2n) is 6.09. The van der Waals surface area contributed by atoms with Gasteiger partial charge in [-0.2, -0.15) is 0 Å². The standard InChI is InChI=1S/C15H22N2O4S/c1-20-15-3-2-12(21-8-14(18)19)6-13(15)17(5-4-15)7-11-9-22-10-16-11/h9-10,12-13H,2-8H2,1H3,(H,18,19)/t12?,13?,15-/m1/s1. The number of fused-ring (bicyclic) bond motifs is 1. The van der Waals surface area contributed by atoms with Crippen LogP contribution in [0.25, 0.3) is 0 Å². The van der Waals surface area contributed by atoms with E-state index in [4.69, 9.17) is 14.6 Å². The topological polar surface area (TPSA) is 71.9 Å². The van der Waals surface area contributed by atoms with Crippen LogP contribution in [0.3, 0.4) is 0 Å². The molecule has 6 nitrogen and oxygen atoms in total. The van der Waals surface area contributed by atoms with Gasteiger partial charge in [0.2, 0.25) is 0 Å². The van der Waals surface area contributed by atoms with Crippen LogP contribution in [-0.2, 0) is 20.8 Å². The van der Waals surface area contributed by atoms with Crippen molar-refractivity contribution in [3.63, 3.8) is 0 Å². The summed E-state index contributed by atoms with van der Waals surface area (Å²) in [6.07, 6.45) is 3.63. The first kappa shape index (κ1) is 15.9. The van der Waals surface area contributed by atoms with Gasteiger partial charge in [0, 0.05) is 31.6 Å². The maximum Gasteiger partial charge on any atom is 0.329 e. The Morgan fingerprint density at radius 2 is 2.45 bits per heavy atom. The van der Waals surface area contributed by atoms with E-state index in [1.807, 2.05) is 5.51 Å². The Morgan fingerprint density at radius 3 is 3.14 bits per heavy atom. The maximum atomic E-state index is 10.7. The first-order valence-electron chi connectivity index (χ1n) is 7.62. The zero-order valence-electron chi connectivity index (χ0n) is 12.7. The summed E-state index contributed by atoms with van der Waals surface area (Å²) in [5.74, 6) is -0.908. The van der Waals surface area contributed by atoms with Crippen molar-refractivity contribution in [2.24, 2.45) is 0 Å². The molecule has 3 atom stereocenters. The fourth-order valence-corrected chi connectivity index (χ4v) is 4.36. The number of aliphatic carboxylic acids is 1. The maximum absolute atomic E-state index is 10.7. The van der Waals surface area contributed by atoms with Gasteiger partial charge in [0.1, 0.15) is 6.61 Å². The summed E-state index contributed by atoms with van der Waals surface area (Å²) in [6.45, 7) is 1.59. The first-order valence-corrected chi connectivity index (χ1v) is 8.57. The van der Waals surface area contributed by atoms with Gasteiger partial charge in [0.25, 0.3) is 0 Å². The van der Waals surface area contributed by atoms with Gasteiger partial charge in [-0.15, -0.1) is 11.3 Å². The lowest BCUT2D eigenvalue weighted by Gasteiger charge is -2.43. The van der Waals surface area contributed by atoms with Crippen molar-refractivity contribution in [2.45, 2.75) is 50.0 Å². The van der Waals surface area contributed by atoms with E-state index in [1.54, 1.807) is 18.4 Å². The molecule has 1 saturated carbocycles. The minimum Gasteiger partial charge on any atom is -0.480 e. The Hall–Kier alpha value is -1.02. The van der Waals surface area contributed by atoms with Crippen LogP contribution in [-0.4, -0.2) is 59.0 Å². The number of carbonyl (C=O) groups is 1. The molecular formula is C15H22N2O4S. The molecule has 1 aliphatic carbocycles. The molecule has 2 unspecified atom stereocenters. The fraction of sp³-hybridized carbons (Fsp3) is 0.733. The third kappa shape index (κ3) is 3.17. The Labute approximate surface area is 134 Å². The molecule has 0 aromatic carbocycles. The number of rotatable bonds is 6. The predicted octanol–water partition coefficient (Wildman–Crippen LogP) is 1.76. The van der Waals surface area contributed by atoms with E-state index < -0.39 is 5.97 Å². The molecule has 0 spiro atoms. The van der Waals surface area contributed by atoms with Crippen molar-refractivity contribution in [1.82, 2.24) is 9.88 Å². The van der Waals surface area contributed by atoms with Crippen molar-refractivity contribution < 1.29 is 19.4 Å². The number of nitrogens with zero attached hydrogens (tertiary/aromatic N) is 2. The van der Waals surface area contributed by atoms with Gasteiger partial charge in [0.05, 0.1) is 22.9 Å². The Morgan fingerprint density at radius 1 is 1.59 bits per heavy atom. The summed E-state index contributed by atoms with van der Waals surface area (Å²) >= 11 is 1.61. The summed E-state index contributed by atoms with van der Waals surface area (Å²) in [5.41, 5.74) is 2.83. The molecule has 7 heteroatoms. The Bertz CT molecular complexity index is 510. The molecule has 1 saturated heterocycles. The third-order valence-electron chi connectivity index (χ3n) is 4.94. The third-order valence-corrected chi connectivity index (χ3v) is 5.58. The Kier molecular flexibility index (Phi) is 4.77. The van der Waals surface area contributed by atoms with Crippen LogP contribution >= 0.6 is 11.3 Å². The molecule has 2 heterocycles. The molecule has 2 aliphatic rings. The van der Waals surface area contributed by atoms with Crippen LogP contribution in [0.1, 0.15) is 31.4 Å². The highest BCUT2D eigenvalue weighted by atomic mass is 32.1. The monoisotopic (exact) mass is 326 g/mol. The van der Waals surface area contributed by atoms with Crippen LogP contribution < -0.4 is 0 Å². The van der Waals surface area contributed by atoms with Crippen molar-refractivity contribution >= 4 is 17.3 Å². The highest BCUT2D eigenvalue weighted by Gasteiger charge is 2.51. The number of hydrogen-bond donors (Lipinski definition) is 1. The zero-order valence-corrected chi connectivity index (χ0v) is 13.6. The number of carboxylic acids is 1. The van der Waals surface area contributed by atoms with Crippen molar-refractivity contribution in [3.8, 4) is 0 Å². The van der Waals surface area contributed by atoms with Crippen molar-refractivity contribution in [3.05, 3.63) is 16.6 Å². The molecular weight excluding hydrogens is 304 g/mol. The van der Waals surface area contributed by atoms with E-state index >= 15 is 0 Å². The van der Waals surface area contributed by atoms with Gasteiger partial charge < -0.3 is 14.6 Å². The SMILES string of the molecule is CO[C@@]12CCC(OCC(=O)O)CC1N(Cc1cscn1)CC2. The number of likely N-dealkylation sites (tertiary alicyclic amines) is 1. The molecule has 0 bridgehead atoms. The average Bonchev–Trinajstić information content (AvgIpc) is 3.14. The Balaban J connectivity index is 1.68. The number of thiazole rings is 1. The molecule has 0 radical (unpaired) electrons. The number of hydrogen-bond acceptors (Lipinski definition) is 6. The molecule has 1 aromatic rings. The smallest absolute Gasteiger partial charge is 0.329 e. The number of carboxylic acid groups (broad SMARTS) is 1. The molecule has 1 aliphatic heterocycles. The molecule has 22 heavy (non-hydrogen) atoms. The first-order chi connectivity index (χ1) is 10.6. The number of ether oxygens (including phenoxy) is 2. The van der Waals surface area contributed by atoms with Gasteiger partial charge in [0.15, 0.2) is 0 Å². The van der Waals surface area contributed by atoms with E-state index in [9.17, 15) is 4.79 Å². The largest absolute Gasteiger partial charge is 0.480 e. The summed E-state index contributed by atoms with van der Waals surface area (Å²) in [5, 5.41) is 10.9. The zero-order chi connectivity index (χ0) is 15.6. The molecule has 1 aromatic heterocycles. The van der Waals surface area contributed by atoms with Gasteiger partial charge in [-0.3, -0.25) is 4.90 Å². The summed E-state index contributed by atoms with van der Waals surface area (Å²) in [7, 11) is 1.79. The van der Waals surface area contributed by atoms with E-state index in [0.29, 0.717) is 0 Å². The number of methoxy groups -OCH3 is 1. The summed E-state index contributed by atoms with van der Waals surface area (Å²) < 4.78 is 11.4. The minimum atomic E-state index is -0.908. The highest BCUT2D eigenvalue weighted by molar-refractivity contribution is 7.07. The highest BCUT2D eigenvalue weighted by Crippen LogP contribution is 2.43. The van der Waals surface area contributed by atoms with Gasteiger partial charge in [-0.1, -0.05) is 0 Å². The number of aromatic nitrogens is 1. The second kappa shape index (κ2) is 6.62. The van der Waals surface area contributed by atoms with Crippen LogP contribution in [0, 0.1) is 0 Å². The summed E-state index contributed by atoms with van der Waals surface area (Å²) in [6, 6.07) is 0.270. The molecule has 2 fully saturated rings. The lowest BCUT2D eigenvalue weighted by Crippen LogP contribution is -2.51. The lowest BCUT2D eigenvalue weighted by molar-refractivity contribution is -0.148. The van der Waals surface area contributed by atoms with Gasteiger partial charge in [-0.25, -0.2) is 9.78 Å².